The lowest BCUT2D eigenvalue weighted by Crippen LogP contribution is -2.28. The maximum absolute atomic E-state index is 13.0. The zero-order valence-corrected chi connectivity index (χ0v) is 17.3. The summed E-state index contributed by atoms with van der Waals surface area (Å²) in [6.07, 6.45) is -1.60. The van der Waals surface area contributed by atoms with Gasteiger partial charge in [-0.25, -0.2) is 9.67 Å². The van der Waals surface area contributed by atoms with Gasteiger partial charge < -0.3 is 15.0 Å². The predicted octanol–water partition coefficient (Wildman–Crippen LogP) is 3.37. The van der Waals surface area contributed by atoms with Gasteiger partial charge in [-0.05, 0) is 30.3 Å². The molecule has 0 spiro atoms. The van der Waals surface area contributed by atoms with Gasteiger partial charge in [-0.1, -0.05) is 12.1 Å². The molecule has 0 radical (unpaired) electrons. The van der Waals surface area contributed by atoms with E-state index in [-0.39, 0.29) is 18.7 Å². The number of carbonyl (C=O) groups excluding carboxylic acids is 2. The van der Waals surface area contributed by atoms with Crippen LogP contribution in [-0.2, 0) is 22.3 Å². The summed E-state index contributed by atoms with van der Waals surface area (Å²) in [7, 11) is 0. The van der Waals surface area contributed by atoms with Crippen molar-refractivity contribution in [1.29, 1.82) is 0 Å². The standard InChI is InChI=1S/C22H20F3N5O3/c23-22(24,25)16-3-1-5-18(10-16)30-12-15(9-20(30)31)21(32)28-17-4-2-6-19(11-17)33-8-7-29-14-26-13-27-29/h1-6,10-11,13-15H,7-9,12H2,(H,28,32). The fourth-order valence-electron chi connectivity index (χ4n) is 3.50. The molecule has 172 valence electrons. The van der Waals surface area contributed by atoms with Crippen LogP contribution in [0.3, 0.4) is 0 Å². The topological polar surface area (TPSA) is 89.3 Å². The van der Waals surface area contributed by atoms with Crippen molar-refractivity contribution in [2.45, 2.75) is 19.1 Å². The maximum Gasteiger partial charge on any atom is 0.416 e. The molecule has 1 aliphatic rings. The van der Waals surface area contributed by atoms with Crippen LogP contribution < -0.4 is 15.0 Å². The molecule has 1 fully saturated rings. The highest BCUT2D eigenvalue weighted by Crippen LogP contribution is 2.33. The number of aromatic nitrogens is 3. The number of carbonyl (C=O) groups is 2. The van der Waals surface area contributed by atoms with E-state index in [4.69, 9.17) is 4.74 Å². The van der Waals surface area contributed by atoms with Gasteiger partial charge in [0.1, 0.15) is 25.0 Å². The zero-order valence-electron chi connectivity index (χ0n) is 17.3. The Hall–Kier alpha value is -3.89. The Kier molecular flexibility index (Phi) is 6.29. The minimum atomic E-state index is -4.52. The first-order valence-corrected chi connectivity index (χ1v) is 10.1. The van der Waals surface area contributed by atoms with Crippen molar-refractivity contribution in [2.24, 2.45) is 5.92 Å². The average molecular weight is 459 g/mol. The van der Waals surface area contributed by atoms with Gasteiger partial charge in [-0.2, -0.15) is 18.3 Å². The van der Waals surface area contributed by atoms with E-state index < -0.39 is 29.5 Å². The van der Waals surface area contributed by atoms with Gasteiger partial charge in [0, 0.05) is 30.4 Å². The lowest BCUT2D eigenvalue weighted by Gasteiger charge is -2.18. The molecule has 2 amide bonds. The minimum absolute atomic E-state index is 0.0000730. The molecule has 1 aliphatic heterocycles. The van der Waals surface area contributed by atoms with Crippen LogP contribution in [0.15, 0.2) is 61.2 Å². The molecule has 0 saturated carbocycles. The maximum atomic E-state index is 13.0. The van der Waals surface area contributed by atoms with Crippen molar-refractivity contribution in [3.8, 4) is 5.75 Å². The lowest BCUT2D eigenvalue weighted by atomic mass is 10.1. The normalized spacial score (nSPS) is 16.2. The number of ether oxygens (including phenoxy) is 1. The molecule has 2 heterocycles. The first-order valence-electron chi connectivity index (χ1n) is 10.1. The first kappa shape index (κ1) is 22.3. The monoisotopic (exact) mass is 459 g/mol. The predicted molar refractivity (Wildman–Crippen MR) is 112 cm³/mol. The number of benzene rings is 2. The largest absolute Gasteiger partial charge is 0.492 e. The molecule has 1 N–H and O–H groups in total. The Morgan fingerprint density at radius 1 is 1.18 bits per heavy atom. The fourth-order valence-corrected chi connectivity index (χ4v) is 3.50. The van der Waals surface area contributed by atoms with Gasteiger partial charge >= 0.3 is 6.18 Å². The number of nitrogens with one attached hydrogen (secondary N) is 1. The summed E-state index contributed by atoms with van der Waals surface area (Å²) in [4.78, 5) is 30.2. The van der Waals surface area contributed by atoms with Crippen molar-refractivity contribution in [3.05, 3.63) is 66.7 Å². The first-order chi connectivity index (χ1) is 15.8. The third-order valence-electron chi connectivity index (χ3n) is 5.14. The Morgan fingerprint density at radius 3 is 2.76 bits per heavy atom. The second-order valence-corrected chi connectivity index (χ2v) is 7.48. The summed E-state index contributed by atoms with van der Waals surface area (Å²) in [5, 5.41) is 6.73. The Balaban J connectivity index is 1.36. The van der Waals surface area contributed by atoms with E-state index in [9.17, 15) is 22.8 Å². The van der Waals surface area contributed by atoms with Crippen molar-refractivity contribution in [3.63, 3.8) is 0 Å². The van der Waals surface area contributed by atoms with Crippen LogP contribution >= 0.6 is 0 Å². The average Bonchev–Trinajstić information content (AvgIpc) is 3.43. The van der Waals surface area contributed by atoms with Gasteiger partial charge in [-0.15, -0.1) is 0 Å². The van der Waals surface area contributed by atoms with Crippen LogP contribution in [0.4, 0.5) is 24.5 Å². The van der Waals surface area contributed by atoms with E-state index in [0.29, 0.717) is 24.6 Å². The number of halogens is 3. The van der Waals surface area contributed by atoms with Crippen LogP contribution in [0.5, 0.6) is 5.75 Å². The molecule has 8 nitrogen and oxygen atoms in total. The third-order valence-corrected chi connectivity index (χ3v) is 5.14. The highest BCUT2D eigenvalue weighted by atomic mass is 19.4. The number of nitrogens with zero attached hydrogens (tertiary/aromatic N) is 4. The van der Waals surface area contributed by atoms with Gasteiger partial charge in [0.15, 0.2) is 0 Å². The van der Waals surface area contributed by atoms with Crippen molar-refractivity contribution < 1.29 is 27.5 Å². The molecule has 1 unspecified atom stereocenters. The molecule has 1 aromatic heterocycles. The molecule has 4 rings (SSSR count). The quantitative estimate of drug-likeness (QED) is 0.585. The second kappa shape index (κ2) is 9.31. The summed E-state index contributed by atoms with van der Waals surface area (Å²) >= 11 is 0. The molecule has 33 heavy (non-hydrogen) atoms. The van der Waals surface area contributed by atoms with Crippen molar-refractivity contribution in [1.82, 2.24) is 14.8 Å². The summed E-state index contributed by atoms with van der Waals surface area (Å²) in [6.45, 7) is 0.857. The molecule has 1 saturated heterocycles. The van der Waals surface area contributed by atoms with Crippen LogP contribution in [0, 0.1) is 5.92 Å². The summed E-state index contributed by atoms with van der Waals surface area (Å²) in [5.41, 5.74) is -0.238. The number of anilines is 2. The van der Waals surface area contributed by atoms with Crippen molar-refractivity contribution >= 4 is 23.2 Å². The molecule has 1 atom stereocenters. The zero-order chi connectivity index (χ0) is 23.4. The molecule has 3 aromatic rings. The van der Waals surface area contributed by atoms with E-state index >= 15 is 0 Å². The SMILES string of the molecule is O=C(Nc1cccc(OCCn2cncn2)c1)C1CC(=O)N(c2cccc(C(F)(F)F)c2)C1. The Labute approximate surface area is 187 Å². The summed E-state index contributed by atoms with van der Waals surface area (Å²) < 4.78 is 46.3. The van der Waals surface area contributed by atoms with Gasteiger partial charge in [-0.3, -0.25) is 9.59 Å². The molecule has 2 aromatic carbocycles. The van der Waals surface area contributed by atoms with Crippen LogP contribution in [0.1, 0.15) is 12.0 Å². The minimum Gasteiger partial charge on any atom is -0.492 e. The van der Waals surface area contributed by atoms with E-state index in [1.165, 1.54) is 23.4 Å². The molecular formula is C22H20F3N5O3. The number of rotatable bonds is 7. The smallest absolute Gasteiger partial charge is 0.416 e. The molecular weight excluding hydrogens is 439 g/mol. The Morgan fingerprint density at radius 2 is 2.00 bits per heavy atom. The Bertz CT molecular complexity index is 1130. The summed E-state index contributed by atoms with van der Waals surface area (Å²) in [6, 6.07) is 11.3. The molecule has 0 bridgehead atoms. The van der Waals surface area contributed by atoms with Crippen LogP contribution in [-0.4, -0.2) is 39.7 Å². The second-order valence-electron chi connectivity index (χ2n) is 7.48. The van der Waals surface area contributed by atoms with Crippen molar-refractivity contribution in [2.75, 3.05) is 23.4 Å². The number of hydrogen-bond acceptors (Lipinski definition) is 5. The van der Waals surface area contributed by atoms with Crippen LogP contribution in [0.25, 0.3) is 0 Å². The lowest BCUT2D eigenvalue weighted by molar-refractivity contribution is -0.137. The number of alkyl halides is 3. The third kappa shape index (κ3) is 5.48. The highest BCUT2D eigenvalue weighted by molar-refractivity contribution is 6.03. The summed E-state index contributed by atoms with van der Waals surface area (Å²) in [5.74, 6) is -0.942. The van der Waals surface area contributed by atoms with Gasteiger partial charge in [0.25, 0.3) is 0 Å². The fraction of sp³-hybridized carbons (Fsp3) is 0.273. The highest BCUT2D eigenvalue weighted by Gasteiger charge is 2.37. The van der Waals surface area contributed by atoms with E-state index in [1.807, 2.05) is 0 Å². The van der Waals surface area contributed by atoms with Gasteiger partial charge in [0.05, 0.1) is 18.0 Å². The van der Waals surface area contributed by atoms with E-state index in [2.05, 4.69) is 15.4 Å². The van der Waals surface area contributed by atoms with E-state index in [0.717, 1.165) is 12.1 Å². The molecule has 11 heteroatoms. The molecule has 0 aliphatic carbocycles. The number of hydrogen-bond donors (Lipinski definition) is 1. The number of amides is 2. The van der Waals surface area contributed by atoms with E-state index in [1.54, 1.807) is 35.3 Å². The van der Waals surface area contributed by atoms with Crippen LogP contribution in [0.2, 0.25) is 0 Å². The van der Waals surface area contributed by atoms with Gasteiger partial charge in [0.2, 0.25) is 11.8 Å².